The first-order valence-electron chi connectivity index (χ1n) is 3.33. The molecule has 0 radical (unpaired) electrons. The van der Waals surface area contributed by atoms with Gasteiger partial charge in [-0.1, -0.05) is 0 Å². The van der Waals surface area contributed by atoms with Crippen LogP contribution in [0.2, 0.25) is 0 Å². The van der Waals surface area contributed by atoms with Crippen LogP contribution in [0.1, 0.15) is 0 Å². The summed E-state index contributed by atoms with van der Waals surface area (Å²) in [5, 5.41) is 0. The molecule has 2 rings (SSSR count). The SMILES string of the molecule is [WH2].c1cc[cH-]c1.c1cc[cH-]c1. The van der Waals surface area contributed by atoms with E-state index in [0.717, 1.165) is 0 Å². The van der Waals surface area contributed by atoms with Crippen LogP contribution in [-0.2, 0) is 21.1 Å². The van der Waals surface area contributed by atoms with E-state index in [1.54, 1.807) is 0 Å². The van der Waals surface area contributed by atoms with Crippen molar-refractivity contribution in [2.75, 3.05) is 0 Å². The van der Waals surface area contributed by atoms with Crippen molar-refractivity contribution in [3.05, 3.63) is 60.7 Å². The third-order valence-electron chi connectivity index (χ3n) is 1.11. The Labute approximate surface area is 81.9 Å². The molecule has 60 valence electrons. The fraction of sp³-hybridized carbons (Fsp3) is 0. The number of rotatable bonds is 0. The summed E-state index contributed by atoms with van der Waals surface area (Å²) in [6.07, 6.45) is 0. The molecule has 0 aliphatic carbocycles. The minimum absolute atomic E-state index is 0. The van der Waals surface area contributed by atoms with E-state index >= 15 is 0 Å². The monoisotopic (exact) mass is 316 g/mol. The molecular formula is C10H12W-2. The van der Waals surface area contributed by atoms with Crippen molar-refractivity contribution in [1.82, 2.24) is 0 Å². The second kappa shape index (κ2) is 7.49. The van der Waals surface area contributed by atoms with Gasteiger partial charge in [0.05, 0.1) is 0 Å². The molecule has 0 amide bonds. The van der Waals surface area contributed by atoms with E-state index in [2.05, 4.69) is 0 Å². The zero-order valence-electron chi connectivity index (χ0n) is 6.27. The van der Waals surface area contributed by atoms with Crippen LogP contribution < -0.4 is 0 Å². The van der Waals surface area contributed by atoms with Crippen LogP contribution in [0.25, 0.3) is 0 Å². The molecule has 0 saturated carbocycles. The van der Waals surface area contributed by atoms with Gasteiger partial charge in [-0.15, -0.1) is 0 Å². The summed E-state index contributed by atoms with van der Waals surface area (Å²) >= 11 is 0. The van der Waals surface area contributed by atoms with Gasteiger partial charge in [0.15, 0.2) is 0 Å². The average Bonchev–Trinajstić information content (AvgIpc) is 2.67. The molecule has 0 heterocycles. The summed E-state index contributed by atoms with van der Waals surface area (Å²) < 4.78 is 0. The van der Waals surface area contributed by atoms with E-state index < -0.39 is 0 Å². The predicted molar refractivity (Wildman–Crippen MR) is 46.9 cm³/mol. The molecule has 0 aliphatic heterocycles. The van der Waals surface area contributed by atoms with Crippen molar-refractivity contribution >= 4 is 0 Å². The minimum Gasteiger partial charge on any atom is -0.214 e. The Morgan fingerprint density at radius 1 is 0.545 bits per heavy atom. The summed E-state index contributed by atoms with van der Waals surface area (Å²) in [7, 11) is 0. The first kappa shape index (κ1) is 10.4. The molecule has 0 aromatic heterocycles. The minimum atomic E-state index is 0. The quantitative estimate of drug-likeness (QED) is 0.654. The third-order valence-corrected chi connectivity index (χ3v) is 1.11. The van der Waals surface area contributed by atoms with Gasteiger partial charge in [-0.05, 0) is 0 Å². The molecule has 2 aromatic rings. The molecule has 0 unspecified atom stereocenters. The summed E-state index contributed by atoms with van der Waals surface area (Å²) in [4.78, 5) is 0. The largest absolute Gasteiger partial charge is 0.214 e. The maximum atomic E-state index is 2.00. The van der Waals surface area contributed by atoms with Crippen molar-refractivity contribution in [1.29, 1.82) is 0 Å². The second-order valence-corrected chi connectivity index (χ2v) is 1.92. The van der Waals surface area contributed by atoms with Gasteiger partial charge in [-0.3, -0.25) is 0 Å². The van der Waals surface area contributed by atoms with E-state index in [0.29, 0.717) is 0 Å². The smallest absolute Gasteiger partial charge is 0.172 e. The molecule has 0 fully saturated rings. The average molecular weight is 316 g/mol. The maximum Gasteiger partial charge on any atom is -0.172 e. The Hall–Kier alpha value is -0.612. The molecule has 0 atom stereocenters. The number of hydrogen-bond acceptors (Lipinski definition) is 0. The molecular weight excluding hydrogens is 304 g/mol. The van der Waals surface area contributed by atoms with E-state index in [1.807, 2.05) is 60.7 Å². The zero-order valence-corrected chi connectivity index (χ0v) is 9.87. The van der Waals surface area contributed by atoms with Crippen molar-refractivity contribution in [3.63, 3.8) is 0 Å². The van der Waals surface area contributed by atoms with Crippen LogP contribution in [0.3, 0.4) is 0 Å². The van der Waals surface area contributed by atoms with Gasteiger partial charge < -0.3 is 0 Å². The summed E-state index contributed by atoms with van der Waals surface area (Å²) in [5.74, 6) is 0. The van der Waals surface area contributed by atoms with Crippen LogP contribution in [-0.4, -0.2) is 0 Å². The van der Waals surface area contributed by atoms with Crippen LogP contribution in [0.5, 0.6) is 0 Å². The fourth-order valence-electron chi connectivity index (χ4n) is 0.642. The molecule has 0 N–H and O–H groups in total. The van der Waals surface area contributed by atoms with Crippen molar-refractivity contribution < 1.29 is 21.1 Å². The van der Waals surface area contributed by atoms with Gasteiger partial charge in [0, 0.05) is 0 Å². The molecule has 1 heteroatoms. The molecule has 0 aliphatic rings. The molecule has 0 bridgehead atoms. The molecule has 0 nitrogen and oxygen atoms in total. The van der Waals surface area contributed by atoms with Gasteiger partial charge in [0.25, 0.3) is 0 Å². The first-order chi connectivity index (χ1) is 5.00. The Balaban J connectivity index is 0.000000167. The molecule has 0 spiro atoms. The van der Waals surface area contributed by atoms with Gasteiger partial charge >= 0.3 is 21.1 Å². The topological polar surface area (TPSA) is 0 Å². The Morgan fingerprint density at radius 3 is 0.909 bits per heavy atom. The standard InChI is InChI=1S/2C5H5.W.2H/c2*1-2-4-5-3-1;;;/h2*1-5H;;;/q2*-1;;;. The van der Waals surface area contributed by atoms with E-state index in [1.165, 1.54) is 0 Å². The summed E-state index contributed by atoms with van der Waals surface area (Å²) in [6.45, 7) is 0. The summed E-state index contributed by atoms with van der Waals surface area (Å²) in [6, 6.07) is 20.0. The van der Waals surface area contributed by atoms with Crippen LogP contribution in [0.15, 0.2) is 60.7 Å². The maximum absolute atomic E-state index is 2.00. The van der Waals surface area contributed by atoms with Gasteiger partial charge in [-0.25, -0.2) is 24.3 Å². The van der Waals surface area contributed by atoms with Gasteiger partial charge in [-0.2, -0.15) is 36.4 Å². The number of hydrogen-bond donors (Lipinski definition) is 0. The third kappa shape index (κ3) is 5.81. The molecule has 11 heavy (non-hydrogen) atoms. The van der Waals surface area contributed by atoms with Gasteiger partial charge in [0.1, 0.15) is 0 Å². The van der Waals surface area contributed by atoms with Crippen LogP contribution in [0.4, 0.5) is 0 Å². The van der Waals surface area contributed by atoms with Crippen LogP contribution >= 0.6 is 0 Å². The predicted octanol–water partition coefficient (Wildman–Crippen LogP) is 2.27. The van der Waals surface area contributed by atoms with Crippen molar-refractivity contribution in [2.24, 2.45) is 0 Å². The second-order valence-electron chi connectivity index (χ2n) is 1.92. The van der Waals surface area contributed by atoms with Crippen molar-refractivity contribution in [2.45, 2.75) is 0 Å². The fourth-order valence-corrected chi connectivity index (χ4v) is 0.642. The van der Waals surface area contributed by atoms with E-state index in [-0.39, 0.29) is 21.1 Å². The summed E-state index contributed by atoms with van der Waals surface area (Å²) in [5.41, 5.74) is 0. The Bertz CT molecular complexity index is 144. The van der Waals surface area contributed by atoms with Crippen LogP contribution in [0, 0.1) is 0 Å². The molecule has 0 saturated heterocycles. The van der Waals surface area contributed by atoms with E-state index in [9.17, 15) is 0 Å². The van der Waals surface area contributed by atoms with E-state index in [4.69, 9.17) is 0 Å². The normalized spacial score (nSPS) is 7.27. The Kier molecular flexibility index (Phi) is 7.08. The van der Waals surface area contributed by atoms with Gasteiger partial charge in [0.2, 0.25) is 0 Å². The zero-order chi connectivity index (χ0) is 7.07. The Morgan fingerprint density at radius 2 is 0.818 bits per heavy atom. The first-order valence-corrected chi connectivity index (χ1v) is 3.33. The molecule has 2 aromatic carbocycles. The van der Waals surface area contributed by atoms with Crippen molar-refractivity contribution in [3.8, 4) is 0 Å².